The Kier molecular flexibility index (Phi) is 7.67. The number of hydrogen-bond acceptors (Lipinski definition) is 7. The van der Waals surface area contributed by atoms with E-state index in [-0.39, 0.29) is 23.7 Å². The zero-order valence-corrected chi connectivity index (χ0v) is 23.3. The van der Waals surface area contributed by atoms with Crippen molar-refractivity contribution in [3.63, 3.8) is 0 Å². The second-order valence-corrected chi connectivity index (χ2v) is 10.5. The lowest BCUT2D eigenvalue weighted by molar-refractivity contribution is 0.0786. The molecular formula is C28H32ClN7O3. The summed E-state index contributed by atoms with van der Waals surface area (Å²) in [7, 11) is 3.82. The minimum Gasteiger partial charge on any atom is -0.440 e. The zero-order valence-electron chi connectivity index (χ0n) is 22.6. The minimum atomic E-state index is -0.359. The summed E-state index contributed by atoms with van der Waals surface area (Å²) in [5.74, 6) is -0.587. The van der Waals surface area contributed by atoms with Crippen LogP contribution in [0.2, 0.25) is 5.02 Å². The maximum absolute atomic E-state index is 13.7. The molecule has 4 aromatic rings. The summed E-state index contributed by atoms with van der Waals surface area (Å²) in [6.07, 6.45) is 4.95. The quantitative estimate of drug-likeness (QED) is 0.368. The van der Waals surface area contributed by atoms with Gasteiger partial charge in [0.1, 0.15) is 12.0 Å². The lowest BCUT2D eigenvalue weighted by Gasteiger charge is -2.29. The highest BCUT2D eigenvalue weighted by Crippen LogP contribution is 2.28. The molecule has 1 aliphatic heterocycles. The summed E-state index contributed by atoms with van der Waals surface area (Å²) >= 11 is 6.29. The number of aryl methyl sites for hydroxylation is 1. The number of benzene rings is 1. The number of carbonyl (C=O) groups excluding carboxylic acids is 2. The van der Waals surface area contributed by atoms with E-state index in [0.29, 0.717) is 39.4 Å². The molecule has 0 bridgehead atoms. The van der Waals surface area contributed by atoms with Crippen LogP contribution in [0, 0.1) is 6.92 Å². The number of nitrogens with one attached hydrogen (secondary N) is 1. The van der Waals surface area contributed by atoms with E-state index in [1.165, 1.54) is 6.26 Å². The molecule has 1 fully saturated rings. The first-order valence-electron chi connectivity index (χ1n) is 13.1. The van der Waals surface area contributed by atoms with E-state index in [2.05, 4.69) is 27.3 Å². The third kappa shape index (κ3) is 5.67. The molecule has 10 nitrogen and oxygen atoms in total. The molecule has 0 spiro atoms. The molecule has 204 valence electrons. The van der Waals surface area contributed by atoms with E-state index in [0.717, 1.165) is 43.7 Å². The highest BCUT2D eigenvalue weighted by atomic mass is 35.5. The molecular weight excluding hydrogens is 518 g/mol. The Morgan fingerprint density at radius 1 is 1.18 bits per heavy atom. The number of halogens is 1. The van der Waals surface area contributed by atoms with E-state index in [4.69, 9.17) is 21.0 Å². The van der Waals surface area contributed by atoms with Crippen molar-refractivity contribution < 1.29 is 14.0 Å². The van der Waals surface area contributed by atoms with Gasteiger partial charge in [0, 0.05) is 47.8 Å². The second-order valence-electron chi connectivity index (χ2n) is 10.0. The Labute approximate surface area is 232 Å². The van der Waals surface area contributed by atoms with E-state index in [9.17, 15) is 9.59 Å². The smallest absolute Gasteiger partial charge is 0.307 e. The van der Waals surface area contributed by atoms with Gasteiger partial charge in [-0.25, -0.2) is 9.97 Å². The maximum atomic E-state index is 13.7. The zero-order chi connectivity index (χ0) is 27.7. The van der Waals surface area contributed by atoms with Gasteiger partial charge in [-0.05, 0) is 71.1 Å². The van der Waals surface area contributed by atoms with Crippen LogP contribution < -0.4 is 5.32 Å². The fourth-order valence-electron chi connectivity index (χ4n) is 4.89. The molecule has 39 heavy (non-hydrogen) atoms. The van der Waals surface area contributed by atoms with Gasteiger partial charge in [0.25, 0.3) is 11.8 Å². The number of rotatable bonds is 7. The number of aromatic nitrogens is 4. The van der Waals surface area contributed by atoms with E-state index in [1.807, 2.05) is 18.5 Å². The number of hydrogen-bond donors (Lipinski definition) is 1. The average Bonchev–Trinajstić information content (AvgIpc) is 3.56. The summed E-state index contributed by atoms with van der Waals surface area (Å²) < 4.78 is 7.43. The molecule has 3 aromatic heterocycles. The number of piperidine rings is 1. The lowest BCUT2D eigenvalue weighted by atomic mass is 10.0. The van der Waals surface area contributed by atoms with Crippen molar-refractivity contribution in [2.24, 2.45) is 0 Å². The first-order chi connectivity index (χ1) is 18.7. The molecule has 0 atom stereocenters. The Bertz CT molecular complexity index is 1520. The maximum Gasteiger partial charge on any atom is 0.307 e. The molecule has 5 rings (SSSR count). The number of nitrogens with zero attached hydrogens (tertiary/aromatic N) is 6. The molecule has 0 radical (unpaired) electrons. The largest absolute Gasteiger partial charge is 0.440 e. The molecule has 1 N–H and O–H groups in total. The van der Waals surface area contributed by atoms with Crippen molar-refractivity contribution in [2.75, 3.05) is 27.2 Å². The second kappa shape index (κ2) is 11.2. The van der Waals surface area contributed by atoms with Crippen LogP contribution in [0.1, 0.15) is 52.1 Å². The van der Waals surface area contributed by atoms with Gasteiger partial charge in [-0.1, -0.05) is 11.6 Å². The lowest BCUT2D eigenvalue weighted by Crippen LogP contribution is -2.43. The van der Waals surface area contributed by atoms with Crippen molar-refractivity contribution in [2.45, 2.75) is 45.8 Å². The van der Waals surface area contributed by atoms with E-state index in [1.54, 1.807) is 42.4 Å². The molecule has 0 saturated carbocycles. The van der Waals surface area contributed by atoms with Gasteiger partial charge in [0.05, 0.1) is 23.0 Å². The minimum absolute atomic E-state index is 0.0321. The Balaban J connectivity index is 1.42. The summed E-state index contributed by atoms with van der Waals surface area (Å²) in [5, 5.41) is 8.53. The average molecular weight is 550 g/mol. The van der Waals surface area contributed by atoms with Gasteiger partial charge in [-0.3, -0.25) is 14.3 Å². The van der Waals surface area contributed by atoms with Crippen molar-refractivity contribution in [1.29, 1.82) is 0 Å². The van der Waals surface area contributed by atoms with Crippen LogP contribution in [0.3, 0.4) is 0 Å². The molecule has 0 aliphatic carbocycles. The van der Waals surface area contributed by atoms with Crippen LogP contribution in [0.5, 0.6) is 0 Å². The van der Waals surface area contributed by atoms with Gasteiger partial charge in [0.15, 0.2) is 0 Å². The van der Waals surface area contributed by atoms with Gasteiger partial charge in [-0.15, -0.1) is 0 Å². The number of fused-ring (bicyclic) bond motifs is 1. The summed E-state index contributed by atoms with van der Waals surface area (Å²) in [6.45, 7) is 7.04. The molecule has 4 heterocycles. The first-order valence-corrected chi connectivity index (χ1v) is 13.4. The van der Waals surface area contributed by atoms with Gasteiger partial charge in [-0.2, -0.15) is 5.10 Å². The van der Waals surface area contributed by atoms with Crippen molar-refractivity contribution in [3.05, 3.63) is 64.5 Å². The Morgan fingerprint density at radius 3 is 2.67 bits per heavy atom. The number of amides is 2. The SMILES string of the molecule is CCn1ncc(CN(C)C(=O)c2cc(-c3coc(C(=O)NC4CCN(C)CC4)n3)nc3ccc(Cl)cc23)c1C. The summed E-state index contributed by atoms with van der Waals surface area (Å²) in [4.78, 5) is 39.5. The van der Waals surface area contributed by atoms with Crippen LogP contribution >= 0.6 is 11.6 Å². The number of carbonyl (C=O) groups is 2. The predicted molar refractivity (Wildman–Crippen MR) is 149 cm³/mol. The molecule has 0 unspecified atom stereocenters. The molecule has 1 saturated heterocycles. The van der Waals surface area contributed by atoms with Gasteiger partial charge in [0.2, 0.25) is 0 Å². The highest BCUT2D eigenvalue weighted by Gasteiger charge is 2.24. The first kappa shape index (κ1) is 26.8. The fourth-order valence-corrected chi connectivity index (χ4v) is 5.07. The topological polar surface area (TPSA) is 109 Å². The predicted octanol–water partition coefficient (Wildman–Crippen LogP) is 4.16. The van der Waals surface area contributed by atoms with Gasteiger partial charge >= 0.3 is 5.91 Å². The van der Waals surface area contributed by atoms with E-state index >= 15 is 0 Å². The van der Waals surface area contributed by atoms with Gasteiger partial charge < -0.3 is 19.5 Å². The highest BCUT2D eigenvalue weighted by molar-refractivity contribution is 6.31. The monoisotopic (exact) mass is 549 g/mol. The number of pyridine rings is 1. The third-order valence-corrected chi connectivity index (χ3v) is 7.51. The molecule has 1 aromatic carbocycles. The number of oxazole rings is 1. The standard InChI is InChI=1S/C28H32ClN7O3/c1-5-36-17(2)18(14-30-36)15-35(4)28(38)22-13-24(32-23-7-6-19(29)12-21(22)23)25-16-39-27(33-25)26(37)31-20-8-10-34(3)11-9-20/h6-7,12-14,16,20H,5,8-11,15H2,1-4H3,(H,31,37). The summed E-state index contributed by atoms with van der Waals surface area (Å²) in [6, 6.07) is 6.99. The third-order valence-electron chi connectivity index (χ3n) is 7.27. The number of likely N-dealkylation sites (tertiary alicyclic amines) is 1. The fraction of sp³-hybridized carbons (Fsp3) is 0.393. The normalized spacial score (nSPS) is 14.6. The summed E-state index contributed by atoms with van der Waals surface area (Å²) in [5.41, 5.74) is 3.82. The van der Waals surface area contributed by atoms with Crippen molar-refractivity contribution in [3.8, 4) is 11.4 Å². The van der Waals surface area contributed by atoms with Crippen LogP contribution in [-0.4, -0.2) is 74.6 Å². The van der Waals surface area contributed by atoms with Crippen LogP contribution in [0.4, 0.5) is 0 Å². The Morgan fingerprint density at radius 2 is 1.95 bits per heavy atom. The van der Waals surface area contributed by atoms with E-state index < -0.39 is 0 Å². The van der Waals surface area contributed by atoms with Crippen LogP contribution in [-0.2, 0) is 13.1 Å². The van der Waals surface area contributed by atoms with Crippen LogP contribution in [0.15, 0.2) is 41.1 Å². The van der Waals surface area contributed by atoms with Crippen molar-refractivity contribution >= 4 is 34.3 Å². The Hall–Kier alpha value is -3.76. The molecule has 1 aliphatic rings. The van der Waals surface area contributed by atoms with Crippen LogP contribution in [0.25, 0.3) is 22.3 Å². The van der Waals surface area contributed by atoms with Crippen molar-refractivity contribution in [1.82, 2.24) is 34.9 Å². The molecule has 2 amide bonds. The molecule has 11 heteroatoms.